The van der Waals surface area contributed by atoms with Gasteiger partial charge in [0.25, 0.3) is 0 Å². The average molecular weight is 337 g/mol. The number of benzene rings is 1. The van der Waals surface area contributed by atoms with Crippen LogP contribution in [0.25, 0.3) is 0 Å². The molecule has 0 radical (unpaired) electrons. The molecule has 0 unspecified atom stereocenters. The Balaban J connectivity index is 1.73. The maximum atomic E-state index is 13.0. The van der Waals surface area contributed by atoms with Crippen LogP contribution in [-0.2, 0) is 14.3 Å². The monoisotopic (exact) mass is 337 g/mol. The zero-order valence-electron chi connectivity index (χ0n) is 13.4. The number of carbonyl (C=O) groups excluding carboxylic acids is 3. The summed E-state index contributed by atoms with van der Waals surface area (Å²) in [4.78, 5) is 36.5. The van der Waals surface area contributed by atoms with Gasteiger partial charge in [-0.2, -0.15) is 0 Å². The molecule has 1 aromatic rings. The molecule has 1 aliphatic rings. The van der Waals surface area contributed by atoms with Crippen LogP contribution in [0.2, 0.25) is 0 Å². The summed E-state index contributed by atoms with van der Waals surface area (Å²) in [5.41, 5.74) is 0.224. The van der Waals surface area contributed by atoms with E-state index in [1.165, 1.54) is 25.3 Å². The van der Waals surface area contributed by atoms with Crippen LogP contribution < -0.4 is 10.6 Å². The maximum Gasteiger partial charge on any atom is 0.409 e. The smallest absolute Gasteiger partial charge is 0.409 e. The highest BCUT2D eigenvalue weighted by Crippen LogP contribution is 2.17. The van der Waals surface area contributed by atoms with E-state index in [9.17, 15) is 18.8 Å². The number of anilines is 1. The van der Waals surface area contributed by atoms with Crippen molar-refractivity contribution in [1.29, 1.82) is 0 Å². The lowest BCUT2D eigenvalue weighted by Gasteiger charge is -2.30. The van der Waals surface area contributed by atoms with Gasteiger partial charge in [-0.3, -0.25) is 9.59 Å². The molecule has 1 aromatic carbocycles. The van der Waals surface area contributed by atoms with E-state index in [1.54, 1.807) is 4.90 Å². The van der Waals surface area contributed by atoms with E-state index in [0.29, 0.717) is 19.6 Å². The minimum atomic E-state index is -0.840. The first-order valence-electron chi connectivity index (χ1n) is 7.67. The van der Waals surface area contributed by atoms with Crippen LogP contribution in [0.3, 0.4) is 0 Å². The highest BCUT2D eigenvalue weighted by atomic mass is 19.1. The van der Waals surface area contributed by atoms with Gasteiger partial charge in [0.1, 0.15) is 5.82 Å². The summed E-state index contributed by atoms with van der Waals surface area (Å²) in [5, 5.41) is 4.91. The molecule has 0 atom stereocenters. The number of halogens is 1. The van der Waals surface area contributed by atoms with Crippen molar-refractivity contribution < 1.29 is 23.5 Å². The predicted molar refractivity (Wildman–Crippen MR) is 84.7 cm³/mol. The van der Waals surface area contributed by atoms with Crippen LogP contribution in [0.4, 0.5) is 14.9 Å². The second-order valence-corrected chi connectivity index (χ2v) is 5.57. The summed E-state index contributed by atoms with van der Waals surface area (Å²) in [5.74, 6) is -1.91. The number of methoxy groups -OCH3 is 1. The first-order chi connectivity index (χ1) is 11.5. The molecule has 2 rings (SSSR count). The maximum absolute atomic E-state index is 13.0. The SMILES string of the molecule is COC(=O)N1CCC(CNC(=O)C(=O)Nc2cccc(F)c2)CC1. The van der Waals surface area contributed by atoms with Gasteiger partial charge in [0.2, 0.25) is 0 Å². The third-order valence-corrected chi connectivity index (χ3v) is 3.89. The number of ether oxygens (including phenoxy) is 1. The van der Waals surface area contributed by atoms with Gasteiger partial charge < -0.3 is 20.3 Å². The standard InChI is InChI=1S/C16H20FN3O4/c1-24-16(23)20-7-5-11(6-8-20)10-18-14(21)15(22)19-13-4-2-3-12(17)9-13/h2-4,9,11H,5-8,10H2,1H3,(H,18,21)(H,19,22). The minimum Gasteiger partial charge on any atom is -0.453 e. The van der Waals surface area contributed by atoms with Crippen molar-refractivity contribution in [3.8, 4) is 0 Å². The van der Waals surface area contributed by atoms with E-state index < -0.39 is 17.6 Å². The van der Waals surface area contributed by atoms with E-state index in [1.807, 2.05) is 0 Å². The molecule has 0 aromatic heterocycles. The number of hydrogen-bond donors (Lipinski definition) is 2. The lowest BCUT2D eigenvalue weighted by atomic mass is 9.97. The van der Waals surface area contributed by atoms with Gasteiger partial charge in [-0.25, -0.2) is 9.18 Å². The lowest BCUT2D eigenvalue weighted by Crippen LogP contribution is -2.43. The summed E-state index contributed by atoms with van der Waals surface area (Å²) in [6, 6.07) is 5.32. The Hall–Kier alpha value is -2.64. The van der Waals surface area contributed by atoms with E-state index in [4.69, 9.17) is 0 Å². The molecule has 3 amide bonds. The first-order valence-corrected chi connectivity index (χ1v) is 7.67. The van der Waals surface area contributed by atoms with Crippen LogP contribution in [0.5, 0.6) is 0 Å². The highest BCUT2D eigenvalue weighted by molar-refractivity contribution is 6.39. The number of amides is 3. The Morgan fingerprint density at radius 3 is 2.58 bits per heavy atom. The van der Waals surface area contributed by atoms with E-state index in [2.05, 4.69) is 15.4 Å². The van der Waals surface area contributed by atoms with Crippen LogP contribution in [-0.4, -0.2) is 49.6 Å². The highest BCUT2D eigenvalue weighted by Gasteiger charge is 2.24. The fourth-order valence-corrected chi connectivity index (χ4v) is 2.52. The van der Waals surface area contributed by atoms with Crippen molar-refractivity contribution in [1.82, 2.24) is 10.2 Å². The van der Waals surface area contributed by atoms with Crippen LogP contribution >= 0.6 is 0 Å². The van der Waals surface area contributed by atoms with Gasteiger partial charge in [-0.05, 0) is 37.0 Å². The number of piperidine rings is 1. The fourth-order valence-electron chi connectivity index (χ4n) is 2.52. The van der Waals surface area contributed by atoms with Gasteiger partial charge in [0, 0.05) is 25.3 Å². The van der Waals surface area contributed by atoms with Crippen LogP contribution in [0, 0.1) is 11.7 Å². The van der Waals surface area contributed by atoms with Gasteiger partial charge in [-0.1, -0.05) is 6.07 Å². The van der Waals surface area contributed by atoms with Crippen molar-refractivity contribution >= 4 is 23.6 Å². The molecule has 24 heavy (non-hydrogen) atoms. The average Bonchev–Trinajstić information content (AvgIpc) is 2.59. The molecule has 1 heterocycles. The third kappa shape index (κ3) is 4.94. The normalized spacial score (nSPS) is 14.8. The molecule has 8 heteroatoms. The molecule has 0 aliphatic carbocycles. The van der Waals surface area contributed by atoms with Crippen molar-refractivity contribution in [2.24, 2.45) is 5.92 Å². The van der Waals surface area contributed by atoms with E-state index in [-0.39, 0.29) is 17.7 Å². The van der Waals surface area contributed by atoms with Crippen LogP contribution in [0.15, 0.2) is 24.3 Å². The molecule has 2 N–H and O–H groups in total. The van der Waals surface area contributed by atoms with Crippen molar-refractivity contribution in [2.75, 3.05) is 32.1 Å². The summed E-state index contributed by atoms with van der Waals surface area (Å²) in [6.07, 6.45) is 1.09. The van der Waals surface area contributed by atoms with Crippen molar-refractivity contribution in [3.05, 3.63) is 30.1 Å². The quantitative estimate of drug-likeness (QED) is 0.815. The Labute approximate surface area is 139 Å². The zero-order chi connectivity index (χ0) is 17.5. The second kappa shape index (κ2) is 8.28. The molecule has 1 saturated heterocycles. The number of nitrogens with one attached hydrogen (secondary N) is 2. The molecular formula is C16H20FN3O4. The second-order valence-electron chi connectivity index (χ2n) is 5.57. The number of likely N-dealkylation sites (tertiary alicyclic amines) is 1. The largest absolute Gasteiger partial charge is 0.453 e. The molecule has 0 bridgehead atoms. The Kier molecular flexibility index (Phi) is 6.11. The van der Waals surface area contributed by atoms with Gasteiger partial charge in [0.15, 0.2) is 0 Å². The summed E-state index contributed by atoms with van der Waals surface area (Å²) in [7, 11) is 1.34. The molecule has 1 aliphatic heterocycles. The van der Waals surface area contributed by atoms with E-state index >= 15 is 0 Å². The minimum absolute atomic E-state index is 0.192. The number of nitrogens with zero attached hydrogens (tertiary/aromatic N) is 1. The predicted octanol–water partition coefficient (Wildman–Crippen LogP) is 1.36. The Bertz CT molecular complexity index is 615. The van der Waals surface area contributed by atoms with Gasteiger partial charge >= 0.3 is 17.9 Å². The van der Waals surface area contributed by atoms with Gasteiger partial charge in [-0.15, -0.1) is 0 Å². The molecule has 1 fully saturated rings. The fraction of sp³-hybridized carbons (Fsp3) is 0.438. The number of carbonyl (C=O) groups is 3. The molecular weight excluding hydrogens is 317 g/mol. The molecule has 7 nitrogen and oxygen atoms in total. The summed E-state index contributed by atoms with van der Waals surface area (Å²) < 4.78 is 17.7. The van der Waals surface area contributed by atoms with Crippen molar-refractivity contribution in [2.45, 2.75) is 12.8 Å². The van der Waals surface area contributed by atoms with E-state index in [0.717, 1.165) is 18.9 Å². The topological polar surface area (TPSA) is 87.7 Å². The molecule has 0 spiro atoms. The summed E-state index contributed by atoms with van der Waals surface area (Å²) >= 11 is 0. The lowest BCUT2D eigenvalue weighted by molar-refractivity contribution is -0.136. The summed E-state index contributed by atoms with van der Waals surface area (Å²) in [6.45, 7) is 1.47. The van der Waals surface area contributed by atoms with Crippen molar-refractivity contribution in [3.63, 3.8) is 0 Å². The zero-order valence-corrected chi connectivity index (χ0v) is 13.4. The molecule has 130 valence electrons. The van der Waals surface area contributed by atoms with Crippen LogP contribution in [0.1, 0.15) is 12.8 Å². The Morgan fingerprint density at radius 1 is 1.25 bits per heavy atom. The third-order valence-electron chi connectivity index (χ3n) is 3.89. The first kappa shape index (κ1) is 17.7. The molecule has 0 saturated carbocycles. The number of rotatable bonds is 3. The number of hydrogen-bond acceptors (Lipinski definition) is 4. The van der Waals surface area contributed by atoms with Gasteiger partial charge in [0.05, 0.1) is 7.11 Å². The Morgan fingerprint density at radius 2 is 1.96 bits per heavy atom.